The van der Waals surface area contributed by atoms with E-state index in [9.17, 15) is 14.7 Å². The molecule has 0 spiro atoms. The van der Waals surface area contributed by atoms with Crippen LogP contribution in [0.2, 0.25) is 0 Å². The van der Waals surface area contributed by atoms with Crippen molar-refractivity contribution in [1.29, 1.82) is 0 Å². The van der Waals surface area contributed by atoms with Gasteiger partial charge in [0, 0.05) is 24.4 Å². The van der Waals surface area contributed by atoms with E-state index in [4.69, 9.17) is 19.0 Å². The van der Waals surface area contributed by atoms with Crippen molar-refractivity contribution in [2.45, 2.75) is 20.8 Å². The number of aromatic hydroxyl groups is 2. The molecular formula is C22H22O7. The van der Waals surface area contributed by atoms with Gasteiger partial charge >= 0.3 is 11.6 Å². The summed E-state index contributed by atoms with van der Waals surface area (Å²) in [4.78, 5) is 21.5. The smallest absolute Gasteiger partial charge is 0.336 e. The standard InChI is InChI=1S/C14H14O4.C8H8O3/c1-9(2)5-6-17-13-8-12-10(7-11(13)15)3-4-14(16)18-12;1-6(9)11-8-4-2-7(10)3-5-8/h3-5,7-8,15H,6H2,1-2H3;2-5,10H,1H3. The Labute approximate surface area is 167 Å². The summed E-state index contributed by atoms with van der Waals surface area (Å²) in [5.74, 6) is 0.555. The number of ether oxygens (including phenoxy) is 2. The number of fused-ring (bicyclic) bond motifs is 1. The van der Waals surface area contributed by atoms with Gasteiger partial charge in [-0.15, -0.1) is 0 Å². The quantitative estimate of drug-likeness (QED) is 0.294. The van der Waals surface area contributed by atoms with E-state index in [-0.39, 0.29) is 17.5 Å². The monoisotopic (exact) mass is 398 g/mol. The van der Waals surface area contributed by atoms with Gasteiger partial charge in [-0.2, -0.15) is 0 Å². The van der Waals surface area contributed by atoms with Gasteiger partial charge in [-0.05, 0) is 56.3 Å². The van der Waals surface area contributed by atoms with Crippen LogP contribution >= 0.6 is 0 Å². The van der Waals surface area contributed by atoms with Crippen LogP contribution < -0.4 is 15.1 Å². The highest BCUT2D eigenvalue weighted by Gasteiger charge is 2.06. The van der Waals surface area contributed by atoms with Crippen LogP contribution in [0.15, 0.2) is 69.4 Å². The molecule has 152 valence electrons. The number of benzene rings is 2. The van der Waals surface area contributed by atoms with Crippen LogP contribution in [0.5, 0.6) is 23.0 Å². The molecule has 0 bridgehead atoms. The molecule has 0 unspecified atom stereocenters. The Balaban J connectivity index is 0.000000234. The SMILES string of the molecule is CC(=O)Oc1ccc(O)cc1.CC(C)=CCOc1cc2oc(=O)ccc2cc1O. The van der Waals surface area contributed by atoms with Crippen molar-refractivity contribution < 1.29 is 28.9 Å². The highest BCUT2D eigenvalue weighted by atomic mass is 16.5. The highest BCUT2D eigenvalue weighted by molar-refractivity contribution is 5.80. The largest absolute Gasteiger partial charge is 0.508 e. The predicted octanol–water partition coefficient (Wildman–Crippen LogP) is 4.16. The van der Waals surface area contributed by atoms with Gasteiger partial charge in [0.05, 0.1) is 0 Å². The molecule has 0 atom stereocenters. The Morgan fingerprint density at radius 3 is 2.34 bits per heavy atom. The normalized spacial score (nSPS) is 9.90. The third-order valence-electron chi connectivity index (χ3n) is 3.53. The first-order valence-corrected chi connectivity index (χ1v) is 8.75. The van der Waals surface area contributed by atoms with E-state index in [0.717, 1.165) is 5.57 Å². The fourth-order valence-electron chi connectivity index (χ4n) is 2.18. The van der Waals surface area contributed by atoms with E-state index in [1.54, 1.807) is 6.07 Å². The van der Waals surface area contributed by atoms with Crippen molar-refractivity contribution in [3.05, 3.63) is 70.6 Å². The Morgan fingerprint density at radius 2 is 1.72 bits per heavy atom. The van der Waals surface area contributed by atoms with Gasteiger partial charge in [-0.3, -0.25) is 4.79 Å². The second-order valence-corrected chi connectivity index (χ2v) is 6.29. The summed E-state index contributed by atoms with van der Waals surface area (Å²) in [6.07, 6.45) is 1.89. The van der Waals surface area contributed by atoms with Crippen LogP contribution in [0, 0.1) is 0 Å². The van der Waals surface area contributed by atoms with Gasteiger partial charge in [-0.1, -0.05) is 5.57 Å². The topological polar surface area (TPSA) is 106 Å². The molecule has 2 N–H and O–H groups in total. The summed E-state index contributed by atoms with van der Waals surface area (Å²) in [7, 11) is 0. The van der Waals surface area contributed by atoms with Gasteiger partial charge in [0.25, 0.3) is 0 Å². The predicted molar refractivity (Wildman–Crippen MR) is 108 cm³/mol. The lowest BCUT2D eigenvalue weighted by Crippen LogP contribution is -2.00. The first kappa shape index (κ1) is 21.6. The molecule has 7 heteroatoms. The Hall–Kier alpha value is -3.74. The van der Waals surface area contributed by atoms with Crippen molar-refractivity contribution in [3.63, 3.8) is 0 Å². The second kappa shape index (κ2) is 9.98. The molecular weight excluding hydrogens is 376 g/mol. The molecule has 0 aliphatic carbocycles. The zero-order valence-electron chi connectivity index (χ0n) is 16.3. The molecule has 0 saturated carbocycles. The fraction of sp³-hybridized carbons (Fsp3) is 0.182. The van der Waals surface area contributed by atoms with E-state index >= 15 is 0 Å². The molecule has 0 aliphatic rings. The summed E-state index contributed by atoms with van der Waals surface area (Å²) < 4.78 is 15.1. The number of carbonyl (C=O) groups excluding carboxylic acids is 1. The van der Waals surface area contributed by atoms with Crippen LogP contribution in [0.25, 0.3) is 11.0 Å². The maximum Gasteiger partial charge on any atom is 0.336 e. The first-order chi connectivity index (χ1) is 13.7. The van der Waals surface area contributed by atoms with E-state index in [1.165, 1.54) is 49.4 Å². The van der Waals surface area contributed by atoms with Gasteiger partial charge in [0.2, 0.25) is 0 Å². The Bertz CT molecular complexity index is 1060. The number of phenolic OH excluding ortho intramolecular Hbond substituents is 2. The van der Waals surface area contributed by atoms with E-state index in [2.05, 4.69) is 0 Å². The molecule has 0 fully saturated rings. The molecule has 7 nitrogen and oxygen atoms in total. The molecule has 29 heavy (non-hydrogen) atoms. The van der Waals surface area contributed by atoms with Crippen LogP contribution in [0.4, 0.5) is 0 Å². The van der Waals surface area contributed by atoms with Crippen LogP contribution in [-0.2, 0) is 4.79 Å². The molecule has 0 aliphatic heterocycles. The molecule has 1 heterocycles. The third-order valence-corrected chi connectivity index (χ3v) is 3.53. The lowest BCUT2D eigenvalue weighted by Gasteiger charge is -2.07. The van der Waals surface area contributed by atoms with Crippen molar-refractivity contribution in [1.82, 2.24) is 0 Å². The average Bonchev–Trinajstić information content (AvgIpc) is 2.64. The Kier molecular flexibility index (Phi) is 7.42. The van der Waals surface area contributed by atoms with Gasteiger partial charge in [-0.25, -0.2) is 4.79 Å². The molecule has 1 aromatic heterocycles. The number of allylic oxidation sites excluding steroid dienone is 1. The van der Waals surface area contributed by atoms with Crippen molar-refractivity contribution in [2.75, 3.05) is 6.61 Å². The van der Waals surface area contributed by atoms with Crippen LogP contribution in [0.3, 0.4) is 0 Å². The maximum absolute atomic E-state index is 11.1. The highest BCUT2D eigenvalue weighted by Crippen LogP contribution is 2.30. The van der Waals surface area contributed by atoms with Crippen LogP contribution in [0.1, 0.15) is 20.8 Å². The molecule has 0 radical (unpaired) electrons. The average molecular weight is 398 g/mol. The fourth-order valence-corrected chi connectivity index (χ4v) is 2.18. The zero-order valence-corrected chi connectivity index (χ0v) is 16.3. The lowest BCUT2D eigenvalue weighted by molar-refractivity contribution is -0.131. The zero-order chi connectivity index (χ0) is 21.4. The third kappa shape index (κ3) is 7.06. The van der Waals surface area contributed by atoms with Gasteiger partial charge in [0.1, 0.15) is 23.7 Å². The number of hydrogen-bond acceptors (Lipinski definition) is 7. The van der Waals surface area contributed by atoms with E-state index < -0.39 is 5.63 Å². The molecule has 0 amide bonds. The van der Waals surface area contributed by atoms with E-state index in [0.29, 0.717) is 29.1 Å². The van der Waals surface area contributed by atoms with Gasteiger partial charge in [0.15, 0.2) is 11.5 Å². The minimum atomic E-state index is -0.427. The number of rotatable bonds is 4. The van der Waals surface area contributed by atoms with Crippen molar-refractivity contribution in [2.24, 2.45) is 0 Å². The number of phenols is 2. The van der Waals surface area contributed by atoms with Crippen LogP contribution in [-0.4, -0.2) is 22.8 Å². The molecule has 0 saturated heterocycles. The molecule has 3 aromatic rings. The minimum absolute atomic E-state index is 0.0264. The first-order valence-electron chi connectivity index (χ1n) is 8.75. The van der Waals surface area contributed by atoms with E-state index in [1.807, 2.05) is 19.9 Å². The molecule has 3 rings (SSSR count). The van der Waals surface area contributed by atoms with Gasteiger partial charge < -0.3 is 24.1 Å². The summed E-state index contributed by atoms with van der Waals surface area (Å²) in [6, 6.07) is 11.9. The lowest BCUT2D eigenvalue weighted by atomic mass is 10.2. The Morgan fingerprint density at radius 1 is 1.03 bits per heavy atom. The number of carbonyl (C=O) groups is 1. The maximum atomic E-state index is 11.1. The summed E-state index contributed by atoms with van der Waals surface area (Å²) >= 11 is 0. The number of hydrogen-bond donors (Lipinski definition) is 2. The van der Waals surface area contributed by atoms with Crippen molar-refractivity contribution in [3.8, 4) is 23.0 Å². The summed E-state index contributed by atoms with van der Waals surface area (Å²) in [6.45, 7) is 5.61. The molecule has 2 aromatic carbocycles. The minimum Gasteiger partial charge on any atom is -0.508 e. The summed E-state index contributed by atoms with van der Waals surface area (Å²) in [5, 5.41) is 19.3. The summed E-state index contributed by atoms with van der Waals surface area (Å²) in [5.41, 5.74) is 1.10. The second-order valence-electron chi connectivity index (χ2n) is 6.29. The van der Waals surface area contributed by atoms with Crippen molar-refractivity contribution >= 4 is 16.9 Å². The number of esters is 1.